The maximum Gasteiger partial charge on any atom is 0.304 e. The van der Waals surface area contributed by atoms with E-state index in [1.165, 1.54) is 11.1 Å². The summed E-state index contributed by atoms with van der Waals surface area (Å²) in [5, 5.41) is 12.4. The molecule has 0 fully saturated rings. The summed E-state index contributed by atoms with van der Waals surface area (Å²) in [5.74, 6) is 0.303. The highest BCUT2D eigenvalue weighted by atomic mass is 16.4. The maximum absolute atomic E-state index is 10.9. The molecule has 0 saturated heterocycles. The van der Waals surface area contributed by atoms with Gasteiger partial charge in [-0.05, 0) is 35.9 Å². The molecule has 112 valence electrons. The molecule has 20 heavy (non-hydrogen) atoms. The lowest BCUT2D eigenvalue weighted by Crippen LogP contribution is -2.35. The van der Waals surface area contributed by atoms with Gasteiger partial charge >= 0.3 is 5.97 Å². The van der Waals surface area contributed by atoms with Gasteiger partial charge in [-0.1, -0.05) is 52.0 Å². The molecule has 0 amide bonds. The van der Waals surface area contributed by atoms with E-state index in [-0.39, 0.29) is 12.5 Å². The number of rotatable bonds is 8. The number of carboxylic acids is 1. The molecule has 0 aliphatic rings. The molecule has 0 aliphatic carbocycles. The molecule has 0 heterocycles. The number of nitrogens with one attached hydrogen (secondary N) is 1. The van der Waals surface area contributed by atoms with Crippen LogP contribution in [0.15, 0.2) is 24.3 Å². The van der Waals surface area contributed by atoms with Gasteiger partial charge in [0.15, 0.2) is 0 Å². The molecule has 0 spiro atoms. The molecule has 1 aromatic rings. The van der Waals surface area contributed by atoms with Crippen LogP contribution in [0.3, 0.4) is 0 Å². The molecule has 3 nitrogen and oxygen atoms in total. The Labute approximate surface area is 122 Å². The van der Waals surface area contributed by atoms with E-state index in [4.69, 9.17) is 5.11 Å². The molecular formula is C17H27NO2. The Morgan fingerprint density at radius 3 is 2.20 bits per heavy atom. The van der Waals surface area contributed by atoms with Crippen LogP contribution in [0.1, 0.15) is 51.2 Å². The van der Waals surface area contributed by atoms with Crippen LogP contribution in [0.2, 0.25) is 0 Å². The smallest absolute Gasteiger partial charge is 0.304 e. The van der Waals surface area contributed by atoms with Crippen LogP contribution < -0.4 is 5.32 Å². The standard InChI is InChI=1S/C17H27NO2/c1-12(2)11-18-16(10-17(19)20)9-14-5-7-15(8-6-14)13(3)4/h5-8,12-13,16,18H,9-11H2,1-4H3,(H,19,20). The zero-order chi connectivity index (χ0) is 15.1. The van der Waals surface area contributed by atoms with Crippen molar-refractivity contribution in [2.45, 2.75) is 52.5 Å². The molecule has 0 aliphatic heterocycles. The lowest BCUT2D eigenvalue weighted by atomic mass is 9.98. The van der Waals surface area contributed by atoms with Crippen molar-refractivity contribution in [2.24, 2.45) is 5.92 Å². The van der Waals surface area contributed by atoms with Crippen molar-refractivity contribution < 1.29 is 9.90 Å². The second-order valence-corrected chi connectivity index (χ2v) is 6.20. The number of aliphatic carboxylic acids is 1. The predicted molar refractivity (Wildman–Crippen MR) is 83.1 cm³/mol. The molecule has 0 radical (unpaired) electrons. The number of carbonyl (C=O) groups is 1. The summed E-state index contributed by atoms with van der Waals surface area (Å²) in [6.45, 7) is 9.45. The number of hydrogen-bond donors (Lipinski definition) is 2. The van der Waals surface area contributed by atoms with Gasteiger partial charge in [-0.3, -0.25) is 4.79 Å². The second kappa shape index (κ2) is 8.05. The van der Waals surface area contributed by atoms with Gasteiger partial charge in [0.05, 0.1) is 6.42 Å². The molecule has 1 atom stereocenters. The quantitative estimate of drug-likeness (QED) is 0.765. The SMILES string of the molecule is CC(C)CNC(CC(=O)O)Cc1ccc(C(C)C)cc1. The molecule has 1 unspecified atom stereocenters. The van der Waals surface area contributed by atoms with Crippen molar-refractivity contribution in [3.05, 3.63) is 35.4 Å². The van der Waals surface area contributed by atoms with E-state index >= 15 is 0 Å². The van der Waals surface area contributed by atoms with Gasteiger partial charge in [-0.15, -0.1) is 0 Å². The summed E-state index contributed by atoms with van der Waals surface area (Å²) in [7, 11) is 0. The van der Waals surface area contributed by atoms with Gasteiger partial charge in [0.1, 0.15) is 0 Å². The van der Waals surface area contributed by atoms with Gasteiger partial charge in [-0.25, -0.2) is 0 Å². The first-order chi connectivity index (χ1) is 9.38. The molecule has 1 aromatic carbocycles. The molecule has 0 bridgehead atoms. The number of hydrogen-bond acceptors (Lipinski definition) is 2. The minimum absolute atomic E-state index is 0.000185. The van der Waals surface area contributed by atoms with Crippen molar-refractivity contribution in [2.75, 3.05) is 6.54 Å². The minimum Gasteiger partial charge on any atom is -0.481 e. The molecule has 0 aromatic heterocycles. The summed E-state index contributed by atoms with van der Waals surface area (Å²) in [6, 6.07) is 8.50. The zero-order valence-electron chi connectivity index (χ0n) is 13.0. The predicted octanol–water partition coefficient (Wildman–Crippen LogP) is 3.44. The highest BCUT2D eigenvalue weighted by molar-refractivity contribution is 5.67. The monoisotopic (exact) mass is 277 g/mol. The Balaban J connectivity index is 2.65. The van der Waals surface area contributed by atoms with E-state index in [0.29, 0.717) is 11.8 Å². The summed E-state index contributed by atoms with van der Waals surface area (Å²) in [4.78, 5) is 10.9. The third-order valence-electron chi connectivity index (χ3n) is 3.36. The Morgan fingerprint density at radius 2 is 1.75 bits per heavy atom. The zero-order valence-corrected chi connectivity index (χ0v) is 13.0. The number of carboxylic acid groups (broad SMARTS) is 1. The molecule has 1 rings (SSSR count). The molecular weight excluding hydrogens is 250 g/mol. The van der Waals surface area contributed by atoms with Gasteiger partial charge < -0.3 is 10.4 Å². The fourth-order valence-corrected chi connectivity index (χ4v) is 2.15. The third kappa shape index (κ3) is 6.20. The summed E-state index contributed by atoms with van der Waals surface area (Å²) < 4.78 is 0. The highest BCUT2D eigenvalue weighted by Gasteiger charge is 2.14. The Morgan fingerprint density at radius 1 is 1.15 bits per heavy atom. The topological polar surface area (TPSA) is 49.3 Å². The van der Waals surface area contributed by atoms with Gasteiger partial charge in [0.25, 0.3) is 0 Å². The van der Waals surface area contributed by atoms with Gasteiger partial charge in [-0.2, -0.15) is 0 Å². The first-order valence-corrected chi connectivity index (χ1v) is 7.42. The Kier molecular flexibility index (Phi) is 6.73. The fourth-order valence-electron chi connectivity index (χ4n) is 2.15. The first-order valence-electron chi connectivity index (χ1n) is 7.42. The Hall–Kier alpha value is -1.35. The van der Waals surface area contributed by atoms with Crippen molar-refractivity contribution in [1.29, 1.82) is 0 Å². The van der Waals surface area contributed by atoms with Crippen LogP contribution in [-0.2, 0) is 11.2 Å². The van der Waals surface area contributed by atoms with E-state index in [0.717, 1.165) is 13.0 Å². The number of benzene rings is 1. The lowest BCUT2D eigenvalue weighted by molar-refractivity contribution is -0.137. The molecule has 0 saturated carbocycles. The van der Waals surface area contributed by atoms with Crippen LogP contribution in [0, 0.1) is 5.92 Å². The Bertz CT molecular complexity index is 410. The fraction of sp³-hybridized carbons (Fsp3) is 0.588. The third-order valence-corrected chi connectivity index (χ3v) is 3.36. The summed E-state index contributed by atoms with van der Waals surface area (Å²) in [6.07, 6.45) is 0.927. The van der Waals surface area contributed by atoms with Crippen LogP contribution in [0.4, 0.5) is 0 Å². The normalized spacial score (nSPS) is 12.9. The van der Waals surface area contributed by atoms with Crippen LogP contribution in [0.5, 0.6) is 0 Å². The van der Waals surface area contributed by atoms with Crippen molar-refractivity contribution in [3.63, 3.8) is 0 Å². The van der Waals surface area contributed by atoms with Crippen LogP contribution in [-0.4, -0.2) is 23.7 Å². The van der Waals surface area contributed by atoms with Crippen molar-refractivity contribution in [1.82, 2.24) is 5.32 Å². The largest absolute Gasteiger partial charge is 0.481 e. The van der Waals surface area contributed by atoms with Crippen LogP contribution in [0.25, 0.3) is 0 Å². The van der Waals surface area contributed by atoms with Crippen LogP contribution >= 0.6 is 0 Å². The van der Waals surface area contributed by atoms with Gasteiger partial charge in [0.2, 0.25) is 0 Å². The van der Waals surface area contributed by atoms with Crippen molar-refractivity contribution >= 4 is 5.97 Å². The molecule has 3 heteroatoms. The summed E-state index contributed by atoms with van der Waals surface area (Å²) in [5.41, 5.74) is 2.51. The summed E-state index contributed by atoms with van der Waals surface area (Å²) >= 11 is 0. The van der Waals surface area contributed by atoms with E-state index < -0.39 is 5.97 Å². The van der Waals surface area contributed by atoms with E-state index in [1.807, 2.05) is 0 Å². The highest BCUT2D eigenvalue weighted by Crippen LogP contribution is 2.16. The minimum atomic E-state index is -0.745. The first kappa shape index (κ1) is 16.7. The van der Waals surface area contributed by atoms with E-state index in [9.17, 15) is 4.79 Å². The van der Waals surface area contributed by atoms with Gasteiger partial charge in [0, 0.05) is 6.04 Å². The van der Waals surface area contributed by atoms with E-state index in [1.54, 1.807) is 0 Å². The average Bonchev–Trinajstić information content (AvgIpc) is 2.36. The second-order valence-electron chi connectivity index (χ2n) is 6.20. The average molecular weight is 277 g/mol. The molecule has 2 N–H and O–H groups in total. The lowest BCUT2D eigenvalue weighted by Gasteiger charge is -2.19. The van der Waals surface area contributed by atoms with E-state index in [2.05, 4.69) is 57.3 Å². The maximum atomic E-state index is 10.9. The van der Waals surface area contributed by atoms with Crippen molar-refractivity contribution in [3.8, 4) is 0 Å².